The minimum Gasteiger partial charge on any atom is -0.481 e. The summed E-state index contributed by atoms with van der Waals surface area (Å²) in [4.78, 5) is 20.5. The van der Waals surface area contributed by atoms with Gasteiger partial charge in [-0.2, -0.15) is 4.68 Å². The Hall–Kier alpha value is -2.84. The molecule has 0 saturated heterocycles. The van der Waals surface area contributed by atoms with Crippen LogP contribution in [0.3, 0.4) is 0 Å². The first-order valence-corrected chi connectivity index (χ1v) is 5.32. The molecule has 0 aliphatic heterocycles. The molecular formula is C10H9N5O4. The number of carboxylic acids is 1. The summed E-state index contributed by atoms with van der Waals surface area (Å²) in [6.45, 7) is 0. The molecule has 1 aromatic heterocycles. The Morgan fingerprint density at radius 2 is 2.05 bits per heavy atom. The first-order chi connectivity index (χ1) is 9.08. The van der Waals surface area contributed by atoms with Crippen LogP contribution in [0.1, 0.15) is 12.2 Å². The van der Waals surface area contributed by atoms with Crippen molar-refractivity contribution >= 4 is 11.7 Å². The van der Waals surface area contributed by atoms with Gasteiger partial charge in [-0.1, -0.05) is 0 Å². The van der Waals surface area contributed by atoms with Crippen LogP contribution in [0, 0.1) is 10.1 Å². The lowest BCUT2D eigenvalue weighted by molar-refractivity contribution is -0.384. The van der Waals surface area contributed by atoms with Gasteiger partial charge in [-0.15, -0.1) is 5.10 Å². The van der Waals surface area contributed by atoms with Crippen LogP contribution in [0.25, 0.3) is 5.69 Å². The number of nitrogens with zero attached hydrogens (tertiary/aromatic N) is 5. The third kappa shape index (κ3) is 2.89. The molecule has 19 heavy (non-hydrogen) atoms. The molecule has 0 atom stereocenters. The van der Waals surface area contributed by atoms with E-state index in [0.717, 1.165) is 0 Å². The van der Waals surface area contributed by atoms with Crippen molar-refractivity contribution in [3.05, 3.63) is 40.2 Å². The molecule has 0 bridgehead atoms. The van der Waals surface area contributed by atoms with Crippen molar-refractivity contribution in [2.24, 2.45) is 0 Å². The molecule has 0 saturated carbocycles. The summed E-state index contributed by atoms with van der Waals surface area (Å²) in [5, 5.41) is 30.1. The molecular weight excluding hydrogens is 254 g/mol. The lowest BCUT2D eigenvalue weighted by Crippen LogP contribution is -2.06. The Labute approximate surface area is 106 Å². The predicted molar refractivity (Wildman–Crippen MR) is 61.8 cm³/mol. The average molecular weight is 263 g/mol. The highest BCUT2D eigenvalue weighted by Crippen LogP contribution is 2.15. The minimum atomic E-state index is -0.946. The molecule has 0 spiro atoms. The quantitative estimate of drug-likeness (QED) is 0.618. The molecule has 2 rings (SSSR count). The van der Waals surface area contributed by atoms with Gasteiger partial charge in [-0.3, -0.25) is 14.9 Å². The van der Waals surface area contributed by atoms with Gasteiger partial charge in [0.15, 0.2) is 5.82 Å². The zero-order valence-electron chi connectivity index (χ0n) is 9.63. The highest BCUT2D eigenvalue weighted by molar-refractivity contribution is 5.66. The maximum atomic E-state index is 10.5. The molecule has 0 radical (unpaired) electrons. The second kappa shape index (κ2) is 5.21. The van der Waals surface area contributed by atoms with Crippen LogP contribution in [0.4, 0.5) is 5.69 Å². The number of aliphatic carboxylic acids is 1. The van der Waals surface area contributed by atoms with Crippen LogP contribution in [0.15, 0.2) is 24.3 Å². The number of carbonyl (C=O) groups is 1. The molecule has 0 aliphatic rings. The number of aromatic nitrogens is 4. The van der Waals surface area contributed by atoms with E-state index >= 15 is 0 Å². The number of aryl methyl sites for hydroxylation is 1. The summed E-state index contributed by atoms with van der Waals surface area (Å²) in [5.74, 6) is -0.561. The molecule has 9 nitrogen and oxygen atoms in total. The third-order valence-electron chi connectivity index (χ3n) is 2.40. The molecule has 98 valence electrons. The Bertz CT molecular complexity index is 607. The topological polar surface area (TPSA) is 124 Å². The number of nitro benzene ring substituents is 1. The number of tetrazole rings is 1. The first-order valence-electron chi connectivity index (χ1n) is 5.32. The van der Waals surface area contributed by atoms with E-state index in [4.69, 9.17) is 5.11 Å². The van der Waals surface area contributed by atoms with Crippen LogP contribution < -0.4 is 0 Å². The van der Waals surface area contributed by atoms with E-state index in [-0.39, 0.29) is 18.5 Å². The number of rotatable bonds is 5. The van der Waals surface area contributed by atoms with Crippen molar-refractivity contribution < 1.29 is 14.8 Å². The summed E-state index contributed by atoms with van der Waals surface area (Å²) >= 11 is 0. The summed E-state index contributed by atoms with van der Waals surface area (Å²) in [6.07, 6.45) is 0.0900. The molecule has 0 unspecified atom stereocenters. The van der Waals surface area contributed by atoms with Crippen molar-refractivity contribution in [1.82, 2.24) is 20.2 Å². The Morgan fingerprint density at radius 1 is 1.37 bits per heavy atom. The van der Waals surface area contributed by atoms with E-state index in [0.29, 0.717) is 11.5 Å². The summed E-state index contributed by atoms with van der Waals surface area (Å²) in [5.41, 5.74) is 0.500. The van der Waals surface area contributed by atoms with Gasteiger partial charge in [-0.05, 0) is 22.6 Å². The number of hydrogen-bond acceptors (Lipinski definition) is 6. The Kier molecular flexibility index (Phi) is 3.46. The van der Waals surface area contributed by atoms with E-state index in [2.05, 4.69) is 15.5 Å². The van der Waals surface area contributed by atoms with Crippen molar-refractivity contribution in [2.75, 3.05) is 0 Å². The highest BCUT2D eigenvalue weighted by Gasteiger charge is 2.11. The summed E-state index contributed by atoms with van der Waals surface area (Å²) in [6, 6.07) is 5.66. The number of nitro groups is 1. The number of hydrogen-bond donors (Lipinski definition) is 1. The second-order valence-corrected chi connectivity index (χ2v) is 3.67. The second-order valence-electron chi connectivity index (χ2n) is 3.67. The van der Waals surface area contributed by atoms with Crippen molar-refractivity contribution in [2.45, 2.75) is 12.8 Å². The van der Waals surface area contributed by atoms with Crippen molar-refractivity contribution in [3.8, 4) is 5.69 Å². The molecule has 1 aromatic carbocycles. The molecule has 2 aromatic rings. The standard InChI is InChI=1S/C10H9N5O4/c16-10(17)6-5-9-11-12-13-14(9)7-1-3-8(4-2-7)15(18)19/h1-4H,5-6H2,(H,16,17). The normalized spacial score (nSPS) is 10.3. The molecule has 9 heteroatoms. The van der Waals surface area contributed by atoms with Gasteiger partial charge in [-0.25, -0.2) is 0 Å². The maximum absolute atomic E-state index is 10.5. The van der Waals surface area contributed by atoms with Gasteiger partial charge < -0.3 is 5.11 Å². The van der Waals surface area contributed by atoms with Gasteiger partial charge in [0.05, 0.1) is 17.0 Å². The fraction of sp³-hybridized carbons (Fsp3) is 0.200. The largest absolute Gasteiger partial charge is 0.481 e. The minimum absolute atomic E-state index is 0.0380. The zero-order valence-corrected chi connectivity index (χ0v) is 9.63. The lowest BCUT2D eigenvalue weighted by Gasteiger charge is -2.02. The van der Waals surface area contributed by atoms with E-state index in [1.54, 1.807) is 0 Å². The zero-order chi connectivity index (χ0) is 13.8. The van der Waals surface area contributed by atoms with Crippen LogP contribution in [0.5, 0.6) is 0 Å². The van der Waals surface area contributed by atoms with Crippen molar-refractivity contribution in [3.63, 3.8) is 0 Å². The van der Waals surface area contributed by atoms with Crippen LogP contribution in [0.2, 0.25) is 0 Å². The van der Waals surface area contributed by atoms with Crippen molar-refractivity contribution in [1.29, 1.82) is 0 Å². The van der Waals surface area contributed by atoms with Gasteiger partial charge in [0.1, 0.15) is 0 Å². The highest BCUT2D eigenvalue weighted by atomic mass is 16.6. The molecule has 0 fully saturated rings. The lowest BCUT2D eigenvalue weighted by atomic mass is 10.2. The first kappa shape index (κ1) is 12.6. The van der Waals surface area contributed by atoms with Crippen LogP contribution in [-0.2, 0) is 11.2 Å². The third-order valence-corrected chi connectivity index (χ3v) is 2.40. The average Bonchev–Trinajstić information content (AvgIpc) is 2.84. The van der Waals surface area contributed by atoms with E-state index < -0.39 is 10.9 Å². The number of benzene rings is 1. The van der Waals surface area contributed by atoms with Gasteiger partial charge in [0.25, 0.3) is 5.69 Å². The van der Waals surface area contributed by atoms with E-state index in [9.17, 15) is 14.9 Å². The predicted octanol–water partition coefficient (Wildman–Crippen LogP) is 0.588. The number of non-ortho nitro benzene ring substituents is 1. The van der Waals surface area contributed by atoms with Crippen LogP contribution in [-0.4, -0.2) is 36.2 Å². The smallest absolute Gasteiger partial charge is 0.303 e. The SMILES string of the molecule is O=C(O)CCc1nnnn1-c1ccc([N+](=O)[O-])cc1. The monoisotopic (exact) mass is 263 g/mol. The summed E-state index contributed by atoms with van der Waals surface area (Å²) < 4.78 is 1.35. The molecule has 1 heterocycles. The maximum Gasteiger partial charge on any atom is 0.303 e. The van der Waals surface area contributed by atoms with Gasteiger partial charge in [0, 0.05) is 18.6 Å². The molecule has 0 amide bonds. The molecule has 1 N–H and O–H groups in total. The fourth-order valence-electron chi connectivity index (χ4n) is 1.50. The Balaban J connectivity index is 2.24. The Morgan fingerprint density at radius 3 is 2.63 bits per heavy atom. The summed E-state index contributed by atoms with van der Waals surface area (Å²) in [7, 11) is 0. The number of carboxylic acid groups (broad SMARTS) is 1. The van der Waals surface area contributed by atoms with Crippen LogP contribution >= 0.6 is 0 Å². The van der Waals surface area contributed by atoms with E-state index in [1.165, 1.54) is 28.9 Å². The van der Waals surface area contributed by atoms with Gasteiger partial charge in [0.2, 0.25) is 0 Å². The molecule has 0 aliphatic carbocycles. The fourth-order valence-corrected chi connectivity index (χ4v) is 1.50. The van der Waals surface area contributed by atoms with Gasteiger partial charge >= 0.3 is 5.97 Å². The van der Waals surface area contributed by atoms with E-state index in [1.807, 2.05) is 0 Å².